The zero-order valence-corrected chi connectivity index (χ0v) is 13.0. The highest BCUT2D eigenvalue weighted by Gasteiger charge is 2.27. The van der Waals surface area contributed by atoms with Gasteiger partial charge in [0.1, 0.15) is 0 Å². The second-order valence-electron chi connectivity index (χ2n) is 5.34. The van der Waals surface area contributed by atoms with Crippen molar-refractivity contribution < 1.29 is 4.79 Å². The first-order valence-corrected chi connectivity index (χ1v) is 8.27. The Bertz CT molecular complexity index is 609. The van der Waals surface area contributed by atoms with Crippen molar-refractivity contribution in [1.29, 1.82) is 0 Å². The lowest BCUT2D eigenvalue weighted by atomic mass is 9.95. The Kier molecular flexibility index (Phi) is 4.36. The fourth-order valence-corrected chi connectivity index (χ4v) is 3.50. The van der Waals surface area contributed by atoms with Crippen molar-refractivity contribution in [3.63, 3.8) is 0 Å². The van der Waals surface area contributed by atoms with Crippen molar-refractivity contribution in [2.45, 2.75) is 32.5 Å². The van der Waals surface area contributed by atoms with E-state index in [2.05, 4.69) is 41.0 Å². The SMILES string of the molecule is CCN(Cc1cccs1)C(=O)[C@@H]1Cc2ccccc2CN1. The minimum Gasteiger partial charge on any atom is -0.336 e. The molecule has 2 aromatic rings. The lowest BCUT2D eigenvalue weighted by molar-refractivity contribution is -0.134. The first-order chi connectivity index (χ1) is 10.3. The average molecular weight is 300 g/mol. The highest BCUT2D eigenvalue weighted by Crippen LogP contribution is 2.19. The summed E-state index contributed by atoms with van der Waals surface area (Å²) in [6, 6.07) is 12.4. The van der Waals surface area contributed by atoms with E-state index in [0.717, 1.165) is 19.5 Å². The van der Waals surface area contributed by atoms with E-state index in [9.17, 15) is 4.79 Å². The molecule has 0 radical (unpaired) electrons. The second-order valence-corrected chi connectivity index (χ2v) is 6.37. The number of hydrogen-bond donors (Lipinski definition) is 1. The number of hydrogen-bond acceptors (Lipinski definition) is 3. The number of benzene rings is 1. The summed E-state index contributed by atoms with van der Waals surface area (Å²) >= 11 is 1.70. The summed E-state index contributed by atoms with van der Waals surface area (Å²) < 4.78 is 0. The van der Waals surface area contributed by atoms with Crippen molar-refractivity contribution >= 4 is 17.2 Å². The number of carbonyl (C=O) groups is 1. The summed E-state index contributed by atoms with van der Waals surface area (Å²) in [7, 11) is 0. The molecular weight excluding hydrogens is 280 g/mol. The molecule has 1 atom stereocenters. The highest BCUT2D eigenvalue weighted by atomic mass is 32.1. The van der Waals surface area contributed by atoms with Crippen molar-refractivity contribution in [3.8, 4) is 0 Å². The number of thiophene rings is 1. The number of amides is 1. The molecule has 1 aliphatic rings. The topological polar surface area (TPSA) is 32.3 Å². The third kappa shape index (κ3) is 3.17. The fourth-order valence-electron chi connectivity index (χ4n) is 2.79. The molecule has 0 unspecified atom stereocenters. The molecule has 2 heterocycles. The molecule has 0 bridgehead atoms. The molecule has 1 aromatic heterocycles. The summed E-state index contributed by atoms with van der Waals surface area (Å²) in [5.41, 5.74) is 2.60. The van der Waals surface area contributed by atoms with E-state index in [4.69, 9.17) is 0 Å². The number of nitrogens with zero attached hydrogens (tertiary/aromatic N) is 1. The van der Waals surface area contributed by atoms with E-state index >= 15 is 0 Å². The van der Waals surface area contributed by atoms with Gasteiger partial charge in [0.05, 0.1) is 12.6 Å². The maximum atomic E-state index is 12.7. The summed E-state index contributed by atoms with van der Waals surface area (Å²) in [6.45, 7) is 4.29. The number of rotatable bonds is 4. The normalized spacial score (nSPS) is 17.3. The molecule has 0 aliphatic carbocycles. The quantitative estimate of drug-likeness (QED) is 0.941. The predicted molar refractivity (Wildman–Crippen MR) is 86.2 cm³/mol. The van der Waals surface area contributed by atoms with Gasteiger partial charge in [0.2, 0.25) is 5.91 Å². The zero-order chi connectivity index (χ0) is 14.7. The van der Waals surface area contributed by atoms with Gasteiger partial charge in [0.25, 0.3) is 0 Å². The van der Waals surface area contributed by atoms with Crippen LogP contribution < -0.4 is 5.32 Å². The molecule has 110 valence electrons. The van der Waals surface area contributed by atoms with Crippen molar-refractivity contribution in [1.82, 2.24) is 10.2 Å². The number of fused-ring (bicyclic) bond motifs is 1. The molecule has 1 aliphatic heterocycles. The summed E-state index contributed by atoms with van der Waals surface area (Å²) in [6.07, 6.45) is 0.788. The van der Waals surface area contributed by atoms with Crippen LogP contribution in [0.5, 0.6) is 0 Å². The van der Waals surface area contributed by atoms with Gasteiger partial charge in [-0.3, -0.25) is 4.79 Å². The van der Waals surface area contributed by atoms with E-state index in [0.29, 0.717) is 6.54 Å². The molecule has 0 saturated carbocycles. The predicted octanol–water partition coefficient (Wildman–Crippen LogP) is 2.81. The second kappa shape index (κ2) is 6.41. The molecule has 3 rings (SSSR count). The maximum absolute atomic E-state index is 12.7. The van der Waals surface area contributed by atoms with Crippen molar-refractivity contribution in [2.75, 3.05) is 6.54 Å². The largest absolute Gasteiger partial charge is 0.336 e. The summed E-state index contributed by atoms with van der Waals surface area (Å²) in [5, 5.41) is 5.44. The van der Waals surface area contributed by atoms with Crippen LogP contribution in [0.3, 0.4) is 0 Å². The van der Waals surface area contributed by atoms with Crippen LogP contribution in [-0.2, 0) is 24.3 Å². The monoisotopic (exact) mass is 300 g/mol. The number of carbonyl (C=O) groups excluding carboxylic acids is 1. The Balaban J connectivity index is 1.70. The Morgan fingerprint density at radius 2 is 2.10 bits per heavy atom. The summed E-state index contributed by atoms with van der Waals surface area (Å²) in [4.78, 5) is 15.9. The molecule has 0 fully saturated rings. The third-order valence-corrected chi connectivity index (χ3v) is 4.86. The van der Waals surface area contributed by atoms with Crippen LogP contribution in [0.1, 0.15) is 22.9 Å². The number of likely N-dealkylation sites (N-methyl/N-ethyl adjacent to an activating group) is 1. The van der Waals surface area contributed by atoms with Crippen LogP contribution in [-0.4, -0.2) is 23.4 Å². The smallest absolute Gasteiger partial charge is 0.240 e. The molecule has 4 heteroatoms. The first-order valence-electron chi connectivity index (χ1n) is 7.39. The molecule has 0 spiro atoms. The lowest BCUT2D eigenvalue weighted by Gasteiger charge is -2.30. The standard InChI is InChI=1S/C17H20N2OS/c1-2-19(12-15-8-5-9-21-15)17(20)16-10-13-6-3-4-7-14(13)11-18-16/h3-9,16,18H,2,10-12H2,1H3/t16-/m0/s1. The Hall–Kier alpha value is -1.65. The van der Waals surface area contributed by atoms with Crippen molar-refractivity contribution in [3.05, 3.63) is 57.8 Å². The van der Waals surface area contributed by atoms with Gasteiger partial charge in [-0.05, 0) is 35.9 Å². The van der Waals surface area contributed by atoms with Crippen LogP contribution in [0.4, 0.5) is 0 Å². The lowest BCUT2D eigenvalue weighted by Crippen LogP contribution is -2.49. The van der Waals surface area contributed by atoms with Gasteiger partial charge >= 0.3 is 0 Å². The van der Waals surface area contributed by atoms with Crippen LogP contribution in [0.2, 0.25) is 0 Å². The maximum Gasteiger partial charge on any atom is 0.240 e. The first kappa shape index (κ1) is 14.3. The molecular formula is C17H20N2OS. The van der Waals surface area contributed by atoms with E-state index in [1.165, 1.54) is 16.0 Å². The Labute approximate surface area is 129 Å². The van der Waals surface area contributed by atoms with Crippen molar-refractivity contribution in [2.24, 2.45) is 0 Å². The third-order valence-electron chi connectivity index (χ3n) is 4.00. The fraction of sp³-hybridized carbons (Fsp3) is 0.353. The van der Waals surface area contributed by atoms with Gasteiger partial charge in [0, 0.05) is 18.0 Å². The van der Waals surface area contributed by atoms with Crippen LogP contribution in [0.15, 0.2) is 41.8 Å². The van der Waals surface area contributed by atoms with Gasteiger partial charge < -0.3 is 10.2 Å². The number of nitrogens with one attached hydrogen (secondary N) is 1. The van der Waals surface area contributed by atoms with E-state index in [-0.39, 0.29) is 11.9 Å². The van der Waals surface area contributed by atoms with Crippen LogP contribution in [0, 0.1) is 0 Å². The average Bonchev–Trinajstić information content (AvgIpc) is 3.04. The summed E-state index contributed by atoms with van der Waals surface area (Å²) in [5.74, 6) is 0.209. The van der Waals surface area contributed by atoms with Gasteiger partial charge in [-0.15, -0.1) is 11.3 Å². The van der Waals surface area contributed by atoms with Gasteiger partial charge in [0.15, 0.2) is 0 Å². The minimum absolute atomic E-state index is 0.0974. The zero-order valence-electron chi connectivity index (χ0n) is 12.2. The molecule has 1 aromatic carbocycles. The Morgan fingerprint density at radius 3 is 2.81 bits per heavy atom. The molecule has 1 amide bonds. The molecule has 0 saturated heterocycles. The van der Waals surface area contributed by atoms with E-state index in [1.54, 1.807) is 11.3 Å². The van der Waals surface area contributed by atoms with E-state index < -0.39 is 0 Å². The highest BCUT2D eigenvalue weighted by molar-refractivity contribution is 7.09. The van der Waals surface area contributed by atoms with E-state index in [1.807, 2.05) is 17.9 Å². The minimum atomic E-state index is -0.0974. The van der Waals surface area contributed by atoms with Crippen LogP contribution in [0.25, 0.3) is 0 Å². The molecule has 1 N–H and O–H groups in total. The van der Waals surface area contributed by atoms with Gasteiger partial charge in [-0.25, -0.2) is 0 Å². The molecule has 21 heavy (non-hydrogen) atoms. The Morgan fingerprint density at radius 1 is 1.29 bits per heavy atom. The van der Waals surface area contributed by atoms with Crippen LogP contribution >= 0.6 is 11.3 Å². The molecule has 3 nitrogen and oxygen atoms in total. The van der Waals surface area contributed by atoms with Gasteiger partial charge in [-0.1, -0.05) is 30.3 Å². The van der Waals surface area contributed by atoms with Gasteiger partial charge in [-0.2, -0.15) is 0 Å².